The van der Waals surface area contributed by atoms with Gasteiger partial charge >= 0.3 is 0 Å². The quantitative estimate of drug-likeness (QED) is 0.678. The summed E-state index contributed by atoms with van der Waals surface area (Å²) in [4.78, 5) is 11.4. The van der Waals surface area contributed by atoms with E-state index in [1.807, 2.05) is 13.8 Å². The first kappa shape index (κ1) is 18.0. The average Bonchev–Trinajstić information content (AvgIpc) is 2.36. The van der Waals surface area contributed by atoms with Crippen molar-refractivity contribution in [3.63, 3.8) is 0 Å². The van der Waals surface area contributed by atoms with Crippen LogP contribution in [0.4, 0.5) is 0 Å². The van der Waals surface area contributed by atoms with Gasteiger partial charge in [0.1, 0.15) is 18.5 Å². The monoisotopic (exact) mass is 334 g/mol. The predicted molar refractivity (Wildman–Crippen MR) is 84.1 cm³/mol. The molecule has 1 amide bonds. The number of halogens is 2. The van der Waals surface area contributed by atoms with Crippen molar-refractivity contribution in [1.82, 2.24) is 10.6 Å². The van der Waals surface area contributed by atoms with Crippen LogP contribution in [0.25, 0.3) is 0 Å². The number of rotatable bonds is 8. The van der Waals surface area contributed by atoms with Crippen LogP contribution >= 0.6 is 23.2 Å². The van der Waals surface area contributed by atoms with E-state index in [4.69, 9.17) is 27.9 Å². The molecule has 21 heavy (non-hydrogen) atoms. The number of amides is 1. The van der Waals surface area contributed by atoms with Crippen molar-refractivity contribution in [2.24, 2.45) is 0 Å². The largest absolute Gasteiger partial charge is 0.489 e. The number of ether oxygens (including phenoxy) is 1. The summed E-state index contributed by atoms with van der Waals surface area (Å²) in [7, 11) is 0. The number of hydrogen-bond donors (Lipinski definition) is 3. The first-order valence-electron chi connectivity index (χ1n) is 6.64. The highest BCUT2D eigenvalue weighted by atomic mass is 35.5. The fourth-order valence-corrected chi connectivity index (χ4v) is 2.03. The molecule has 3 N–H and O–H groups in total. The van der Waals surface area contributed by atoms with E-state index in [9.17, 15) is 9.90 Å². The smallest absolute Gasteiger partial charge is 0.234 e. The maximum absolute atomic E-state index is 11.4. The van der Waals surface area contributed by atoms with E-state index in [0.29, 0.717) is 15.8 Å². The van der Waals surface area contributed by atoms with Crippen molar-refractivity contribution in [3.8, 4) is 5.75 Å². The van der Waals surface area contributed by atoms with Gasteiger partial charge in [0, 0.05) is 17.6 Å². The Balaban J connectivity index is 2.25. The van der Waals surface area contributed by atoms with Crippen LogP contribution in [-0.4, -0.2) is 42.9 Å². The molecule has 1 atom stereocenters. The lowest BCUT2D eigenvalue weighted by Gasteiger charge is -2.14. The molecule has 118 valence electrons. The molecule has 0 aromatic heterocycles. The maximum Gasteiger partial charge on any atom is 0.234 e. The second-order valence-corrected chi connectivity index (χ2v) is 5.74. The zero-order chi connectivity index (χ0) is 15.8. The average molecular weight is 335 g/mol. The molecule has 0 aliphatic carbocycles. The highest BCUT2D eigenvalue weighted by molar-refractivity contribution is 6.35. The van der Waals surface area contributed by atoms with Gasteiger partial charge in [-0.3, -0.25) is 4.79 Å². The fourth-order valence-electron chi connectivity index (χ4n) is 1.56. The van der Waals surface area contributed by atoms with Gasteiger partial charge in [-0.2, -0.15) is 0 Å². The molecule has 1 aromatic carbocycles. The van der Waals surface area contributed by atoms with Crippen LogP contribution in [0.1, 0.15) is 13.8 Å². The maximum atomic E-state index is 11.4. The van der Waals surface area contributed by atoms with Crippen molar-refractivity contribution in [1.29, 1.82) is 0 Å². The molecule has 5 nitrogen and oxygen atoms in total. The molecule has 0 saturated carbocycles. The van der Waals surface area contributed by atoms with Crippen LogP contribution in [0.2, 0.25) is 10.0 Å². The molecule has 0 saturated heterocycles. The minimum absolute atomic E-state index is 0.0696. The zero-order valence-electron chi connectivity index (χ0n) is 12.0. The van der Waals surface area contributed by atoms with Crippen LogP contribution < -0.4 is 15.4 Å². The number of carbonyl (C=O) groups excluding carboxylic acids is 1. The van der Waals surface area contributed by atoms with E-state index < -0.39 is 6.10 Å². The molecule has 0 bridgehead atoms. The lowest BCUT2D eigenvalue weighted by Crippen LogP contribution is -2.41. The molecule has 0 heterocycles. The lowest BCUT2D eigenvalue weighted by atomic mass is 10.3. The van der Waals surface area contributed by atoms with Crippen molar-refractivity contribution >= 4 is 29.1 Å². The van der Waals surface area contributed by atoms with E-state index in [-0.39, 0.29) is 31.6 Å². The van der Waals surface area contributed by atoms with Crippen molar-refractivity contribution < 1.29 is 14.6 Å². The Labute approximate surface area is 134 Å². The molecular formula is C14H20Cl2N2O3. The summed E-state index contributed by atoms with van der Waals surface area (Å²) in [5.74, 6) is 0.344. The van der Waals surface area contributed by atoms with Gasteiger partial charge in [-0.15, -0.1) is 0 Å². The topological polar surface area (TPSA) is 70.6 Å². The summed E-state index contributed by atoms with van der Waals surface area (Å²) in [6, 6.07) is 4.96. The number of nitrogens with one attached hydrogen (secondary N) is 2. The summed E-state index contributed by atoms with van der Waals surface area (Å²) in [6.07, 6.45) is -0.747. The Morgan fingerprint density at radius 1 is 1.38 bits per heavy atom. The van der Waals surface area contributed by atoms with Crippen molar-refractivity contribution in [2.45, 2.75) is 26.0 Å². The van der Waals surface area contributed by atoms with Gasteiger partial charge in [0.25, 0.3) is 0 Å². The van der Waals surface area contributed by atoms with Gasteiger partial charge in [-0.05, 0) is 32.0 Å². The molecule has 0 aliphatic heterocycles. The summed E-state index contributed by atoms with van der Waals surface area (Å²) < 4.78 is 5.39. The predicted octanol–water partition coefficient (Wildman–Crippen LogP) is 1.85. The fraction of sp³-hybridized carbons (Fsp3) is 0.500. The normalized spacial score (nSPS) is 12.3. The lowest BCUT2D eigenvalue weighted by molar-refractivity contribution is -0.120. The summed E-state index contributed by atoms with van der Waals surface area (Å²) >= 11 is 11.7. The molecule has 7 heteroatoms. The standard InChI is InChI=1S/C14H20Cl2N2O3/c1-9(2)18-14(20)7-17-6-11(19)8-21-13-4-3-10(15)5-12(13)16/h3-5,9,11,17,19H,6-8H2,1-2H3,(H,18,20). The van der Waals surface area contributed by atoms with Gasteiger partial charge < -0.3 is 20.5 Å². The van der Waals surface area contributed by atoms with E-state index in [0.717, 1.165) is 0 Å². The Bertz CT molecular complexity index is 470. The van der Waals surface area contributed by atoms with Crippen molar-refractivity contribution in [3.05, 3.63) is 28.2 Å². The van der Waals surface area contributed by atoms with E-state index >= 15 is 0 Å². The highest BCUT2D eigenvalue weighted by Crippen LogP contribution is 2.27. The second-order valence-electron chi connectivity index (χ2n) is 4.89. The third-order valence-electron chi connectivity index (χ3n) is 2.44. The highest BCUT2D eigenvalue weighted by Gasteiger charge is 2.09. The van der Waals surface area contributed by atoms with E-state index in [1.54, 1.807) is 18.2 Å². The van der Waals surface area contributed by atoms with E-state index in [1.165, 1.54) is 0 Å². The molecule has 0 spiro atoms. The second kappa shape index (κ2) is 9.10. The summed E-state index contributed by atoms with van der Waals surface area (Å²) in [5.41, 5.74) is 0. The third-order valence-corrected chi connectivity index (χ3v) is 2.97. The number of carbonyl (C=O) groups is 1. The Morgan fingerprint density at radius 2 is 2.10 bits per heavy atom. The molecule has 0 radical (unpaired) electrons. The molecule has 1 aromatic rings. The molecule has 1 unspecified atom stereocenters. The van der Waals surface area contributed by atoms with Gasteiger partial charge in [-0.1, -0.05) is 23.2 Å². The van der Waals surface area contributed by atoms with Crippen LogP contribution in [0.15, 0.2) is 18.2 Å². The number of aliphatic hydroxyl groups excluding tert-OH is 1. The first-order chi connectivity index (χ1) is 9.88. The van der Waals surface area contributed by atoms with E-state index in [2.05, 4.69) is 10.6 Å². The Hall–Kier alpha value is -1.01. The summed E-state index contributed by atoms with van der Waals surface area (Å²) in [5, 5.41) is 16.3. The van der Waals surface area contributed by atoms with Gasteiger partial charge in [0.05, 0.1) is 11.6 Å². The Kier molecular flexibility index (Phi) is 7.82. The minimum Gasteiger partial charge on any atom is -0.489 e. The minimum atomic E-state index is -0.747. The Morgan fingerprint density at radius 3 is 2.71 bits per heavy atom. The number of benzene rings is 1. The molecule has 1 rings (SSSR count). The van der Waals surface area contributed by atoms with Gasteiger partial charge in [0.15, 0.2) is 0 Å². The van der Waals surface area contributed by atoms with Crippen LogP contribution in [-0.2, 0) is 4.79 Å². The van der Waals surface area contributed by atoms with Crippen LogP contribution in [0.5, 0.6) is 5.75 Å². The molecular weight excluding hydrogens is 315 g/mol. The van der Waals surface area contributed by atoms with Crippen molar-refractivity contribution in [2.75, 3.05) is 19.7 Å². The van der Waals surface area contributed by atoms with Gasteiger partial charge in [0.2, 0.25) is 5.91 Å². The molecule has 0 fully saturated rings. The third kappa shape index (κ3) is 7.52. The SMILES string of the molecule is CC(C)NC(=O)CNCC(O)COc1ccc(Cl)cc1Cl. The first-order valence-corrected chi connectivity index (χ1v) is 7.40. The number of hydrogen-bond acceptors (Lipinski definition) is 4. The van der Waals surface area contributed by atoms with Crippen LogP contribution in [0, 0.1) is 0 Å². The summed E-state index contributed by atoms with van der Waals surface area (Å²) in [6.45, 7) is 4.24. The van der Waals surface area contributed by atoms with Crippen LogP contribution in [0.3, 0.4) is 0 Å². The number of aliphatic hydroxyl groups is 1. The zero-order valence-corrected chi connectivity index (χ0v) is 13.5. The molecule has 0 aliphatic rings. The van der Waals surface area contributed by atoms with Gasteiger partial charge in [-0.25, -0.2) is 0 Å².